The molecule has 0 saturated heterocycles. The van der Waals surface area contributed by atoms with E-state index in [1.165, 1.54) is 0 Å². The fourth-order valence-electron chi connectivity index (χ4n) is 2.22. The molecule has 0 fully saturated rings. The number of methoxy groups -OCH3 is 1. The van der Waals surface area contributed by atoms with Crippen molar-refractivity contribution >= 4 is 11.6 Å². The number of rotatable bonds is 6. The third-order valence-electron chi connectivity index (χ3n) is 3.65. The molecule has 4 heteroatoms. The van der Waals surface area contributed by atoms with Crippen LogP contribution in [-0.4, -0.2) is 19.1 Å². The Morgan fingerprint density at radius 2 is 1.74 bits per heavy atom. The topological polar surface area (TPSA) is 47.6 Å². The Morgan fingerprint density at radius 3 is 2.35 bits per heavy atom. The van der Waals surface area contributed by atoms with E-state index in [0.29, 0.717) is 12.2 Å². The summed E-state index contributed by atoms with van der Waals surface area (Å²) < 4.78 is 10.9. The maximum atomic E-state index is 12.5. The molecule has 0 aromatic heterocycles. The lowest BCUT2D eigenvalue weighted by molar-refractivity contribution is -0.122. The molecule has 0 radical (unpaired) electrons. The van der Waals surface area contributed by atoms with Gasteiger partial charge < -0.3 is 14.8 Å². The van der Waals surface area contributed by atoms with Gasteiger partial charge in [-0.2, -0.15) is 0 Å². The van der Waals surface area contributed by atoms with Crippen LogP contribution in [0.2, 0.25) is 0 Å². The zero-order valence-electron chi connectivity index (χ0n) is 14.1. The molecule has 23 heavy (non-hydrogen) atoms. The third kappa shape index (κ3) is 4.49. The maximum Gasteiger partial charge on any atom is 0.265 e. The molecule has 0 bridgehead atoms. The molecule has 2 aromatic rings. The molecule has 0 aliphatic rings. The van der Waals surface area contributed by atoms with E-state index in [0.717, 1.165) is 22.6 Å². The van der Waals surface area contributed by atoms with Crippen molar-refractivity contribution in [3.63, 3.8) is 0 Å². The number of hydrogen-bond acceptors (Lipinski definition) is 3. The number of amides is 1. The van der Waals surface area contributed by atoms with E-state index in [1.54, 1.807) is 19.2 Å². The van der Waals surface area contributed by atoms with Crippen LogP contribution >= 0.6 is 0 Å². The lowest BCUT2D eigenvalue weighted by Crippen LogP contribution is -2.32. The van der Waals surface area contributed by atoms with Crippen molar-refractivity contribution in [2.75, 3.05) is 12.4 Å². The smallest absolute Gasteiger partial charge is 0.265 e. The van der Waals surface area contributed by atoms with Crippen LogP contribution in [0.15, 0.2) is 42.5 Å². The minimum atomic E-state index is -0.539. The van der Waals surface area contributed by atoms with E-state index in [2.05, 4.69) is 5.32 Å². The van der Waals surface area contributed by atoms with Crippen molar-refractivity contribution in [1.82, 2.24) is 0 Å². The van der Waals surface area contributed by atoms with E-state index >= 15 is 0 Å². The predicted molar refractivity (Wildman–Crippen MR) is 92.2 cm³/mol. The number of nitrogens with one attached hydrogen (secondary N) is 1. The van der Waals surface area contributed by atoms with Gasteiger partial charge >= 0.3 is 0 Å². The summed E-state index contributed by atoms with van der Waals surface area (Å²) in [5, 5.41) is 2.96. The average Bonchev–Trinajstić information content (AvgIpc) is 2.56. The van der Waals surface area contributed by atoms with Crippen molar-refractivity contribution in [1.29, 1.82) is 0 Å². The highest BCUT2D eigenvalue weighted by atomic mass is 16.5. The summed E-state index contributed by atoms with van der Waals surface area (Å²) in [6.07, 6.45) is 0.0474. The summed E-state index contributed by atoms with van der Waals surface area (Å²) >= 11 is 0. The Labute approximate surface area is 137 Å². The molecular weight excluding hydrogens is 290 g/mol. The lowest BCUT2D eigenvalue weighted by atomic mass is 10.1. The predicted octanol–water partition coefficient (Wildman–Crippen LogP) is 4.11. The van der Waals surface area contributed by atoms with Gasteiger partial charge in [0.15, 0.2) is 6.10 Å². The second kappa shape index (κ2) is 7.68. The number of aryl methyl sites for hydroxylation is 2. The van der Waals surface area contributed by atoms with Gasteiger partial charge in [-0.1, -0.05) is 19.1 Å². The van der Waals surface area contributed by atoms with Crippen LogP contribution in [0.5, 0.6) is 11.5 Å². The Kier molecular flexibility index (Phi) is 5.63. The van der Waals surface area contributed by atoms with E-state index in [-0.39, 0.29) is 5.91 Å². The van der Waals surface area contributed by atoms with Crippen LogP contribution in [0.4, 0.5) is 5.69 Å². The molecule has 2 rings (SSSR count). The molecule has 0 heterocycles. The first-order chi connectivity index (χ1) is 11.0. The van der Waals surface area contributed by atoms with Gasteiger partial charge in [0.05, 0.1) is 7.11 Å². The molecule has 4 nitrogen and oxygen atoms in total. The van der Waals surface area contributed by atoms with Gasteiger partial charge in [-0.25, -0.2) is 0 Å². The molecule has 0 saturated carbocycles. The van der Waals surface area contributed by atoms with Gasteiger partial charge in [-0.15, -0.1) is 0 Å². The number of anilines is 1. The van der Waals surface area contributed by atoms with Gasteiger partial charge in [0.25, 0.3) is 5.91 Å². The second-order valence-electron chi connectivity index (χ2n) is 5.50. The van der Waals surface area contributed by atoms with Gasteiger partial charge in [0, 0.05) is 5.69 Å². The van der Waals surface area contributed by atoms with Gasteiger partial charge in [0.1, 0.15) is 11.5 Å². The molecule has 0 aliphatic heterocycles. The SMILES string of the molecule is CC[C@@H](Oc1ccc(OC)cc1)C(=O)Nc1cc(C)ccc1C. The highest BCUT2D eigenvalue weighted by Crippen LogP contribution is 2.21. The third-order valence-corrected chi connectivity index (χ3v) is 3.65. The van der Waals surface area contributed by atoms with Crippen LogP contribution in [0, 0.1) is 13.8 Å². The van der Waals surface area contributed by atoms with Crippen molar-refractivity contribution in [2.24, 2.45) is 0 Å². The number of carbonyl (C=O) groups is 1. The number of benzene rings is 2. The summed E-state index contributed by atoms with van der Waals surface area (Å²) in [6, 6.07) is 13.2. The minimum Gasteiger partial charge on any atom is -0.497 e. The van der Waals surface area contributed by atoms with Crippen molar-refractivity contribution < 1.29 is 14.3 Å². The molecular formula is C19H23NO3. The first-order valence-electron chi connectivity index (χ1n) is 7.72. The highest BCUT2D eigenvalue weighted by Gasteiger charge is 2.19. The van der Waals surface area contributed by atoms with Crippen molar-refractivity contribution in [3.05, 3.63) is 53.6 Å². The normalized spacial score (nSPS) is 11.7. The van der Waals surface area contributed by atoms with Gasteiger partial charge in [-0.05, 0) is 61.7 Å². The fourth-order valence-corrected chi connectivity index (χ4v) is 2.22. The molecule has 0 aliphatic carbocycles. The van der Waals surface area contributed by atoms with E-state index in [9.17, 15) is 4.79 Å². The molecule has 122 valence electrons. The van der Waals surface area contributed by atoms with E-state index < -0.39 is 6.10 Å². The molecule has 0 spiro atoms. The summed E-state index contributed by atoms with van der Waals surface area (Å²) in [4.78, 5) is 12.5. The van der Waals surface area contributed by atoms with Crippen LogP contribution in [0.1, 0.15) is 24.5 Å². The fraction of sp³-hybridized carbons (Fsp3) is 0.316. The zero-order chi connectivity index (χ0) is 16.8. The Hall–Kier alpha value is -2.49. The number of hydrogen-bond donors (Lipinski definition) is 1. The van der Waals surface area contributed by atoms with Crippen molar-refractivity contribution in [2.45, 2.75) is 33.3 Å². The Morgan fingerprint density at radius 1 is 1.09 bits per heavy atom. The van der Waals surface area contributed by atoms with Crippen LogP contribution in [0.3, 0.4) is 0 Å². The summed E-state index contributed by atoms with van der Waals surface area (Å²) in [6.45, 7) is 5.90. The van der Waals surface area contributed by atoms with Gasteiger partial charge in [-0.3, -0.25) is 4.79 Å². The molecule has 1 N–H and O–H groups in total. The standard InChI is InChI=1S/C19H23NO3/c1-5-18(23-16-10-8-15(22-4)9-11-16)19(21)20-17-12-13(2)6-7-14(17)3/h6-12,18H,5H2,1-4H3,(H,20,21)/t18-/m1/s1. The lowest BCUT2D eigenvalue weighted by Gasteiger charge is -2.18. The zero-order valence-corrected chi connectivity index (χ0v) is 14.1. The number of ether oxygens (including phenoxy) is 2. The monoisotopic (exact) mass is 313 g/mol. The Bertz CT molecular complexity index is 665. The average molecular weight is 313 g/mol. The number of carbonyl (C=O) groups excluding carboxylic acids is 1. The van der Waals surface area contributed by atoms with Gasteiger partial charge in [0.2, 0.25) is 0 Å². The molecule has 1 amide bonds. The maximum absolute atomic E-state index is 12.5. The van der Waals surface area contributed by atoms with Crippen LogP contribution in [0.25, 0.3) is 0 Å². The molecule has 0 unspecified atom stereocenters. The second-order valence-corrected chi connectivity index (χ2v) is 5.50. The highest BCUT2D eigenvalue weighted by molar-refractivity contribution is 5.95. The largest absolute Gasteiger partial charge is 0.497 e. The first-order valence-corrected chi connectivity index (χ1v) is 7.72. The first kappa shape index (κ1) is 16.9. The Balaban J connectivity index is 2.07. The van der Waals surface area contributed by atoms with E-state index in [1.807, 2.05) is 51.1 Å². The summed E-state index contributed by atoms with van der Waals surface area (Å²) in [5.41, 5.74) is 2.96. The summed E-state index contributed by atoms with van der Waals surface area (Å²) in [5.74, 6) is 1.26. The van der Waals surface area contributed by atoms with Crippen LogP contribution in [-0.2, 0) is 4.79 Å². The quantitative estimate of drug-likeness (QED) is 0.873. The van der Waals surface area contributed by atoms with E-state index in [4.69, 9.17) is 9.47 Å². The molecule has 1 atom stereocenters. The van der Waals surface area contributed by atoms with Crippen LogP contribution < -0.4 is 14.8 Å². The minimum absolute atomic E-state index is 0.142. The molecule has 2 aromatic carbocycles. The van der Waals surface area contributed by atoms with Crippen molar-refractivity contribution in [3.8, 4) is 11.5 Å². The summed E-state index contributed by atoms with van der Waals surface area (Å²) in [7, 11) is 1.61.